The molecule has 0 radical (unpaired) electrons. The molecule has 1 N–H and O–H groups in total. The van der Waals surface area contributed by atoms with E-state index in [1.807, 2.05) is 13.0 Å². The van der Waals surface area contributed by atoms with Crippen molar-refractivity contribution in [2.75, 3.05) is 55.7 Å². The van der Waals surface area contributed by atoms with Crippen molar-refractivity contribution in [3.8, 4) is 0 Å². The molecular formula is C19H30N4O4S. The molecular weight excluding hydrogens is 380 g/mol. The van der Waals surface area contributed by atoms with Gasteiger partial charge >= 0.3 is 0 Å². The van der Waals surface area contributed by atoms with Crippen LogP contribution in [0.25, 0.3) is 0 Å². The lowest BCUT2D eigenvalue weighted by atomic mass is 10.1. The van der Waals surface area contributed by atoms with E-state index in [2.05, 4.69) is 21.7 Å². The van der Waals surface area contributed by atoms with Crippen LogP contribution in [-0.4, -0.2) is 97.1 Å². The number of sulfone groups is 1. The monoisotopic (exact) mass is 410 g/mol. The summed E-state index contributed by atoms with van der Waals surface area (Å²) in [5, 5.41) is 9.68. The van der Waals surface area contributed by atoms with Gasteiger partial charge in [0.2, 0.25) is 0 Å². The summed E-state index contributed by atoms with van der Waals surface area (Å²) in [6.07, 6.45) is 2.25. The molecule has 2 saturated heterocycles. The van der Waals surface area contributed by atoms with Gasteiger partial charge in [-0.05, 0) is 25.5 Å². The predicted molar refractivity (Wildman–Crippen MR) is 108 cm³/mol. The highest BCUT2D eigenvalue weighted by Gasteiger charge is 2.28. The Balaban J connectivity index is 1.62. The zero-order valence-electron chi connectivity index (χ0n) is 16.6. The first kappa shape index (κ1) is 21.0. The molecule has 2 atom stereocenters. The van der Waals surface area contributed by atoms with Crippen LogP contribution >= 0.6 is 0 Å². The Morgan fingerprint density at radius 2 is 1.96 bits per heavy atom. The number of carbonyl (C=O) groups is 1. The van der Waals surface area contributed by atoms with Crippen molar-refractivity contribution in [2.45, 2.75) is 32.4 Å². The van der Waals surface area contributed by atoms with E-state index >= 15 is 0 Å². The first-order valence-corrected chi connectivity index (χ1v) is 11.7. The van der Waals surface area contributed by atoms with E-state index < -0.39 is 9.84 Å². The summed E-state index contributed by atoms with van der Waals surface area (Å²) in [4.78, 5) is 23.2. The average molecular weight is 411 g/mol. The van der Waals surface area contributed by atoms with Crippen LogP contribution < -0.4 is 4.90 Å². The number of piperazine rings is 1. The molecule has 0 bridgehead atoms. The number of hydrogen-bond acceptors (Lipinski definition) is 7. The van der Waals surface area contributed by atoms with E-state index in [0.717, 1.165) is 31.9 Å². The highest BCUT2D eigenvalue weighted by Crippen LogP contribution is 2.20. The van der Waals surface area contributed by atoms with Gasteiger partial charge in [0.1, 0.15) is 5.82 Å². The molecule has 1 amide bonds. The highest BCUT2D eigenvalue weighted by molar-refractivity contribution is 7.91. The number of aliphatic hydroxyl groups excluding tert-OH is 1. The van der Waals surface area contributed by atoms with Gasteiger partial charge in [0.25, 0.3) is 5.91 Å². The lowest BCUT2D eigenvalue weighted by molar-refractivity contribution is 0.0770. The van der Waals surface area contributed by atoms with Crippen molar-refractivity contribution in [3.05, 3.63) is 23.9 Å². The summed E-state index contributed by atoms with van der Waals surface area (Å²) in [7, 11) is -3.01. The van der Waals surface area contributed by atoms with Gasteiger partial charge < -0.3 is 14.9 Å². The number of aliphatic hydroxyl groups is 1. The van der Waals surface area contributed by atoms with Gasteiger partial charge in [0.05, 0.1) is 23.2 Å². The lowest BCUT2D eigenvalue weighted by Crippen LogP contribution is -2.54. The van der Waals surface area contributed by atoms with E-state index in [0.29, 0.717) is 18.2 Å². The third-order valence-corrected chi connectivity index (χ3v) is 7.13. The van der Waals surface area contributed by atoms with Crippen LogP contribution in [0.15, 0.2) is 18.3 Å². The SMILES string of the molecule is CC[C@H]1CN(c2ccc(C(=O)N3CCS(=O)(=O)CC3)cn2)CCN1C[C@H](C)O. The molecule has 2 fully saturated rings. The molecule has 1 aromatic heterocycles. The van der Waals surface area contributed by atoms with E-state index in [4.69, 9.17) is 0 Å². The van der Waals surface area contributed by atoms with Crippen LogP contribution in [0.2, 0.25) is 0 Å². The number of pyridine rings is 1. The number of amides is 1. The summed E-state index contributed by atoms with van der Waals surface area (Å²) >= 11 is 0. The Morgan fingerprint density at radius 1 is 1.25 bits per heavy atom. The highest BCUT2D eigenvalue weighted by atomic mass is 32.2. The quantitative estimate of drug-likeness (QED) is 0.743. The van der Waals surface area contributed by atoms with Gasteiger partial charge in [0, 0.05) is 51.5 Å². The fourth-order valence-corrected chi connectivity index (χ4v) is 5.07. The van der Waals surface area contributed by atoms with E-state index in [1.165, 1.54) is 0 Å². The van der Waals surface area contributed by atoms with Gasteiger partial charge in [-0.2, -0.15) is 0 Å². The molecule has 156 valence electrons. The van der Waals surface area contributed by atoms with E-state index in [-0.39, 0.29) is 36.6 Å². The Hall–Kier alpha value is -1.71. The molecule has 8 nitrogen and oxygen atoms in total. The largest absolute Gasteiger partial charge is 0.392 e. The Bertz CT molecular complexity index is 768. The smallest absolute Gasteiger partial charge is 0.255 e. The minimum Gasteiger partial charge on any atom is -0.392 e. The molecule has 0 unspecified atom stereocenters. The zero-order valence-corrected chi connectivity index (χ0v) is 17.4. The van der Waals surface area contributed by atoms with Crippen LogP contribution in [0.5, 0.6) is 0 Å². The van der Waals surface area contributed by atoms with E-state index in [9.17, 15) is 18.3 Å². The molecule has 2 aliphatic rings. The van der Waals surface area contributed by atoms with Crippen LogP contribution in [0.4, 0.5) is 5.82 Å². The van der Waals surface area contributed by atoms with Gasteiger partial charge in [-0.3, -0.25) is 9.69 Å². The molecule has 3 heterocycles. The van der Waals surface area contributed by atoms with Gasteiger partial charge in [-0.25, -0.2) is 13.4 Å². The molecule has 9 heteroatoms. The summed E-state index contributed by atoms with van der Waals surface area (Å²) in [5.74, 6) is 0.730. The molecule has 0 saturated carbocycles. The van der Waals surface area contributed by atoms with E-state index in [1.54, 1.807) is 17.2 Å². The van der Waals surface area contributed by atoms with Crippen LogP contribution in [0.1, 0.15) is 30.6 Å². The normalized spacial score (nSPS) is 24.2. The van der Waals surface area contributed by atoms with Crippen molar-refractivity contribution in [2.24, 2.45) is 0 Å². The lowest BCUT2D eigenvalue weighted by Gasteiger charge is -2.42. The van der Waals surface area contributed by atoms with Gasteiger partial charge in [-0.15, -0.1) is 0 Å². The Labute approximate surface area is 167 Å². The number of nitrogens with zero attached hydrogens (tertiary/aromatic N) is 4. The van der Waals surface area contributed by atoms with Crippen LogP contribution in [0, 0.1) is 0 Å². The average Bonchev–Trinajstić information content (AvgIpc) is 2.67. The Kier molecular flexibility index (Phi) is 6.57. The van der Waals surface area contributed by atoms with Crippen LogP contribution in [-0.2, 0) is 9.84 Å². The first-order chi connectivity index (χ1) is 13.3. The minimum atomic E-state index is -3.01. The number of rotatable bonds is 5. The van der Waals surface area contributed by atoms with Crippen molar-refractivity contribution in [3.63, 3.8) is 0 Å². The zero-order chi connectivity index (χ0) is 20.3. The molecule has 2 aliphatic heterocycles. The molecule has 1 aromatic rings. The number of hydrogen-bond donors (Lipinski definition) is 1. The number of anilines is 1. The second-order valence-corrected chi connectivity index (χ2v) is 10.0. The van der Waals surface area contributed by atoms with Crippen molar-refractivity contribution < 1.29 is 18.3 Å². The second kappa shape index (κ2) is 8.75. The summed E-state index contributed by atoms with van der Waals surface area (Å²) in [5.41, 5.74) is 0.489. The maximum Gasteiger partial charge on any atom is 0.255 e. The maximum absolute atomic E-state index is 12.6. The molecule has 0 aromatic carbocycles. The van der Waals surface area contributed by atoms with Crippen molar-refractivity contribution >= 4 is 21.6 Å². The molecule has 0 aliphatic carbocycles. The van der Waals surface area contributed by atoms with Crippen LogP contribution in [0.3, 0.4) is 0 Å². The third kappa shape index (κ3) is 5.01. The third-order valence-electron chi connectivity index (χ3n) is 5.53. The topological polar surface area (TPSA) is 94.1 Å². The predicted octanol–water partition coefficient (Wildman–Crippen LogP) is 0.234. The molecule has 0 spiro atoms. The van der Waals surface area contributed by atoms with Crippen molar-refractivity contribution in [1.29, 1.82) is 0 Å². The number of β-amino-alcohol motifs (C(OH)–C–C–N with tert-alkyl or cyclic N) is 1. The Morgan fingerprint density at radius 3 is 2.54 bits per heavy atom. The molecule has 28 heavy (non-hydrogen) atoms. The fourth-order valence-electron chi connectivity index (χ4n) is 3.87. The summed E-state index contributed by atoms with van der Waals surface area (Å²) < 4.78 is 23.1. The second-order valence-electron chi connectivity index (χ2n) is 7.70. The van der Waals surface area contributed by atoms with Gasteiger partial charge in [-0.1, -0.05) is 6.92 Å². The van der Waals surface area contributed by atoms with Crippen molar-refractivity contribution in [1.82, 2.24) is 14.8 Å². The minimum absolute atomic E-state index is 0.0272. The fraction of sp³-hybridized carbons (Fsp3) is 0.684. The number of aromatic nitrogens is 1. The number of carbonyl (C=O) groups excluding carboxylic acids is 1. The maximum atomic E-state index is 12.6. The van der Waals surface area contributed by atoms with Gasteiger partial charge in [0.15, 0.2) is 9.84 Å². The molecule has 3 rings (SSSR count). The summed E-state index contributed by atoms with van der Waals surface area (Å²) in [6.45, 7) is 7.66. The summed E-state index contributed by atoms with van der Waals surface area (Å²) in [6, 6.07) is 4.00. The first-order valence-electron chi connectivity index (χ1n) is 9.92. The standard InChI is InChI=1S/C19H30N4O4S/c1-3-17-14-23(7-6-22(17)13-15(2)24)18-5-4-16(12-20-18)19(25)21-8-10-28(26,27)11-9-21/h4-5,12,15,17,24H,3,6-11,13-14H2,1-2H3/t15-,17-/m0/s1.